The van der Waals surface area contributed by atoms with Crippen LogP contribution < -0.4 is 41.8 Å². The van der Waals surface area contributed by atoms with Gasteiger partial charge in [-0.1, -0.05) is 0 Å². The fourth-order valence-corrected chi connectivity index (χ4v) is 3.03. The first-order valence-electron chi connectivity index (χ1n) is 10.1. The molecule has 0 saturated carbocycles. The summed E-state index contributed by atoms with van der Waals surface area (Å²) in [6, 6.07) is 21.4. The fourth-order valence-electron chi connectivity index (χ4n) is 2.69. The maximum Gasteiger partial charge on any atom is 0.269 e. The first-order valence-corrected chi connectivity index (χ1v) is 10.9. The molecule has 0 aliphatic rings. The highest BCUT2D eigenvalue weighted by molar-refractivity contribution is 7.80. The molecule has 3 aromatic carbocycles. The number of hydrogen-bond acceptors (Lipinski definition) is 6. The minimum atomic E-state index is -0.338. The number of hydrazine groups is 2. The summed E-state index contributed by atoms with van der Waals surface area (Å²) in [7, 11) is 3.21. The molecule has 6 N–H and O–H groups in total. The number of hydrogen-bond donors (Lipinski definition) is 6. The molecule has 0 fully saturated rings. The summed E-state index contributed by atoms with van der Waals surface area (Å²) in [6.07, 6.45) is 0. The number of carbonyl (C=O) groups is 1. The zero-order chi connectivity index (χ0) is 24.3. The molecule has 3 aromatic rings. The van der Waals surface area contributed by atoms with Crippen molar-refractivity contribution >= 4 is 57.6 Å². The lowest BCUT2D eigenvalue weighted by atomic mass is 10.2. The molecule has 0 radical (unpaired) electrons. The minimum absolute atomic E-state index is 0.249. The number of anilines is 3. The summed E-state index contributed by atoms with van der Waals surface area (Å²) >= 11 is 10.5. The summed E-state index contributed by atoms with van der Waals surface area (Å²) in [5, 5.41) is 6.65. The second-order valence-electron chi connectivity index (χ2n) is 6.77. The van der Waals surface area contributed by atoms with E-state index >= 15 is 0 Å². The van der Waals surface area contributed by atoms with Crippen molar-refractivity contribution in [2.45, 2.75) is 0 Å². The number of ether oxygens (including phenoxy) is 2. The molecular formula is C23H24N6O3S2. The average Bonchev–Trinajstić information content (AvgIpc) is 2.87. The molecule has 1 amide bonds. The van der Waals surface area contributed by atoms with Gasteiger partial charge >= 0.3 is 0 Å². The van der Waals surface area contributed by atoms with Gasteiger partial charge in [0.05, 0.1) is 19.9 Å². The van der Waals surface area contributed by atoms with Crippen molar-refractivity contribution in [1.82, 2.24) is 16.3 Å². The zero-order valence-corrected chi connectivity index (χ0v) is 20.1. The highest BCUT2D eigenvalue weighted by Gasteiger charge is 2.06. The Kier molecular flexibility index (Phi) is 8.83. The number of amides is 1. The molecule has 0 aromatic heterocycles. The highest BCUT2D eigenvalue weighted by atomic mass is 32.1. The van der Waals surface area contributed by atoms with Crippen LogP contribution in [-0.2, 0) is 0 Å². The Labute approximate surface area is 208 Å². The first-order chi connectivity index (χ1) is 16.5. The Hall–Kier alpha value is -4.09. The number of methoxy groups -OCH3 is 2. The first kappa shape index (κ1) is 24.6. The molecule has 176 valence electrons. The average molecular weight is 497 g/mol. The smallest absolute Gasteiger partial charge is 0.269 e. The summed E-state index contributed by atoms with van der Waals surface area (Å²) in [5.41, 5.74) is 13.8. The molecule has 3 rings (SSSR count). The molecule has 0 spiro atoms. The molecule has 0 unspecified atom stereocenters. The molecule has 0 aliphatic carbocycles. The van der Waals surface area contributed by atoms with E-state index in [9.17, 15) is 4.79 Å². The number of rotatable bonds is 7. The van der Waals surface area contributed by atoms with Gasteiger partial charge in [-0.15, -0.1) is 0 Å². The van der Waals surface area contributed by atoms with Crippen LogP contribution in [0.2, 0.25) is 0 Å². The highest BCUT2D eigenvalue weighted by Crippen LogP contribution is 2.16. The van der Waals surface area contributed by atoms with Gasteiger partial charge in [0.25, 0.3) is 5.91 Å². The third kappa shape index (κ3) is 7.50. The van der Waals surface area contributed by atoms with E-state index in [2.05, 4.69) is 32.3 Å². The Morgan fingerprint density at radius 3 is 1.53 bits per heavy atom. The molecule has 11 heteroatoms. The predicted molar refractivity (Wildman–Crippen MR) is 142 cm³/mol. The summed E-state index contributed by atoms with van der Waals surface area (Å²) in [5.74, 6) is 1.16. The van der Waals surface area contributed by atoms with Gasteiger partial charge in [0.2, 0.25) is 0 Å². The zero-order valence-electron chi connectivity index (χ0n) is 18.5. The van der Waals surface area contributed by atoms with Crippen LogP contribution in [0.25, 0.3) is 0 Å². The molecule has 0 saturated heterocycles. The van der Waals surface area contributed by atoms with Crippen LogP contribution in [0.4, 0.5) is 17.1 Å². The lowest BCUT2D eigenvalue weighted by Crippen LogP contribution is -2.43. The quantitative estimate of drug-likeness (QED) is 0.214. The third-order valence-electron chi connectivity index (χ3n) is 4.45. The van der Waals surface area contributed by atoms with Crippen molar-refractivity contribution in [2.75, 3.05) is 30.3 Å². The van der Waals surface area contributed by atoms with Gasteiger partial charge < -0.3 is 20.1 Å². The van der Waals surface area contributed by atoms with E-state index in [0.717, 1.165) is 28.6 Å². The number of nitrogens with one attached hydrogen (secondary N) is 6. The molecule has 0 aliphatic heterocycles. The molecule has 0 bridgehead atoms. The molecular weight excluding hydrogens is 472 g/mol. The Morgan fingerprint density at radius 2 is 1.06 bits per heavy atom. The van der Waals surface area contributed by atoms with Gasteiger partial charge in [-0.3, -0.25) is 26.5 Å². The third-order valence-corrected chi connectivity index (χ3v) is 4.86. The Bertz CT molecular complexity index is 1120. The summed E-state index contributed by atoms with van der Waals surface area (Å²) in [4.78, 5) is 12.4. The van der Waals surface area contributed by atoms with E-state index in [1.54, 1.807) is 50.6 Å². The van der Waals surface area contributed by atoms with E-state index < -0.39 is 0 Å². The molecule has 0 heterocycles. The van der Waals surface area contributed by atoms with Crippen LogP contribution in [-0.4, -0.2) is 30.4 Å². The maximum absolute atomic E-state index is 12.4. The monoisotopic (exact) mass is 496 g/mol. The van der Waals surface area contributed by atoms with Gasteiger partial charge in [-0.25, -0.2) is 0 Å². The van der Waals surface area contributed by atoms with E-state index in [1.807, 2.05) is 36.4 Å². The fraction of sp³-hybridized carbons (Fsp3) is 0.0870. The largest absolute Gasteiger partial charge is 0.497 e. The van der Waals surface area contributed by atoms with Crippen LogP contribution in [0.5, 0.6) is 11.5 Å². The van der Waals surface area contributed by atoms with Gasteiger partial charge in [0.15, 0.2) is 10.2 Å². The molecule has 0 atom stereocenters. The van der Waals surface area contributed by atoms with Gasteiger partial charge in [0.1, 0.15) is 11.5 Å². The number of carbonyl (C=O) groups excluding carboxylic acids is 1. The van der Waals surface area contributed by atoms with Crippen molar-refractivity contribution in [3.8, 4) is 11.5 Å². The predicted octanol–water partition coefficient (Wildman–Crippen LogP) is 3.65. The van der Waals surface area contributed by atoms with Crippen molar-refractivity contribution in [2.24, 2.45) is 0 Å². The van der Waals surface area contributed by atoms with E-state index in [1.165, 1.54) is 0 Å². The summed E-state index contributed by atoms with van der Waals surface area (Å²) < 4.78 is 10.2. The van der Waals surface area contributed by atoms with Crippen LogP contribution >= 0.6 is 24.4 Å². The summed E-state index contributed by atoms with van der Waals surface area (Å²) in [6.45, 7) is 0. The topological polar surface area (TPSA) is 108 Å². The van der Waals surface area contributed by atoms with Crippen LogP contribution in [0.3, 0.4) is 0 Å². The molecule has 34 heavy (non-hydrogen) atoms. The number of benzene rings is 3. The van der Waals surface area contributed by atoms with Gasteiger partial charge in [0, 0.05) is 16.9 Å². The second kappa shape index (κ2) is 12.2. The normalized spacial score (nSPS) is 9.82. The minimum Gasteiger partial charge on any atom is -0.497 e. The van der Waals surface area contributed by atoms with Crippen LogP contribution in [0, 0.1) is 0 Å². The Balaban J connectivity index is 1.41. The standard InChI is InChI=1S/C23H24N6O3S2/c1-31-19-11-7-16(8-12-19)24-22(33)28-26-18-5-3-15(4-6-18)21(30)27-29-23(34)25-17-9-13-20(32-2)14-10-17/h3-14,26H,1-2H3,(H,27,30)(H2,24,28,33)(H2,25,29,34). The second-order valence-corrected chi connectivity index (χ2v) is 7.59. The van der Waals surface area contributed by atoms with E-state index in [0.29, 0.717) is 10.7 Å². The van der Waals surface area contributed by atoms with Crippen molar-refractivity contribution in [1.29, 1.82) is 0 Å². The molecule has 9 nitrogen and oxygen atoms in total. The lowest BCUT2D eigenvalue weighted by molar-refractivity contribution is 0.0944. The van der Waals surface area contributed by atoms with E-state index in [4.69, 9.17) is 33.9 Å². The lowest BCUT2D eigenvalue weighted by Gasteiger charge is -2.14. The van der Waals surface area contributed by atoms with Crippen LogP contribution in [0.1, 0.15) is 10.4 Å². The van der Waals surface area contributed by atoms with Gasteiger partial charge in [-0.2, -0.15) is 0 Å². The maximum atomic E-state index is 12.4. The SMILES string of the molecule is COc1ccc(NC(=S)NNC(=O)c2ccc(NNC(=S)Nc3ccc(OC)cc3)cc2)cc1. The van der Waals surface area contributed by atoms with Crippen LogP contribution in [0.15, 0.2) is 72.8 Å². The van der Waals surface area contributed by atoms with Crippen molar-refractivity contribution < 1.29 is 14.3 Å². The van der Waals surface area contributed by atoms with Crippen molar-refractivity contribution in [3.63, 3.8) is 0 Å². The van der Waals surface area contributed by atoms with Gasteiger partial charge in [-0.05, 0) is 97.2 Å². The number of thiocarbonyl (C=S) groups is 2. The van der Waals surface area contributed by atoms with Crippen molar-refractivity contribution in [3.05, 3.63) is 78.4 Å². The van der Waals surface area contributed by atoms with E-state index in [-0.39, 0.29) is 11.0 Å². The Morgan fingerprint density at radius 1 is 0.618 bits per heavy atom.